The number of nitrogen functional groups attached to an aromatic ring is 1. The molecular formula is C20H31N4O16P. The number of carbonyl (C=O) groups is 2. The molecule has 3 rings (SSSR count). The van der Waals surface area contributed by atoms with E-state index in [2.05, 4.69) is 4.98 Å². The average Bonchev–Trinajstić information content (AvgIpc) is 3.16. The van der Waals surface area contributed by atoms with E-state index in [4.69, 9.17) is 30.0 Å². The molecule has 3 heterocycles. The predicted molar refractivity (Wildman–Crippen MR) is 128 cm³/mol. The molecule has 21 heteroatoms. The molecule has 0 aromatic carbocycles. The minimum absolute atomic E-state index is 0. The fourth-order valence-corrected chi connectivity index (χ4v) is 5.10. The van der Waals surface area contributed by atoms with Crippen LogP contribution in [-0.4, -0.2) is 124 Å². The molecule has 2 aliphatic rings. The van der Waals surface area contributed by atoms with Crippen molar-refractivity contribution in [2.24, 2.45) is 11.7 Å². The third kappa shape index (κ3) is 7.45. The molecular weight excluding hydrogens is 583 g/mol. The first-order valence-corrected chi connectivity index (χ1v) is 12.8. The number of anilines is 1. The number of aliphatic hydroxyl groups is 6. The predicted octanol–water partition coefficient (Wildman–Crippen LogP) is -4.91. The highest BCUT2D eigenvalue weighted by Gasteiger charge is 2.61. The molecule has 20 nitrogen and oxygen atoms in total. The van der Waals surface area contributed by atoms with Crippen LogP contribution in [0.3, 0.4) is 0 Å². The molecule has 232 valence electrons. The Hall–Kier alpha value is -2.56. The van der Waals surface area contributed by atoms with Gasteiger partial charge in [0.1, 0.15) is 36.0 Å². The summed E-state index contributed by atoms with van der Waals surface area (Å²) in [5, 5.41) is 70.8. The molecule has 11 atom stereocenters. The first kappa shape index (κ1) is 34.6. The second-order valence-corrected chi connectivity index (χ2v) is 9.94. The summed E-state index contributed by atoms with van der Waals surface area (Å²) in [5.41, 5.74) is 9.74. The van der Waals surface area contributed by atoms with Gasteiger partial charge in [0, 0.05) is 29.5 Å². The van der Waals surface area contributed by atoms with E-state index in [9.17, 15) is 54.7 Å². The number of aromatic nitrogens is 2. The summed E-state index contributed by atoms with van der Waals surface area (Å²) in [7, 11) is -3.62. The van der Waals surface area contributed by atoms with Gasteiger partial charge in [-0.15, -0.1) is 0 Å². The zero-order chi connectivity index (χ0) is 29.9. The zero-order valence-electron chi connectivity index (χ0n) is 21.0. The maximum absolute atomic E-state index is 12.7. The van der Waals surface area contributed by atoms with Gasteiger partial charge in [-0.2, -0.15) is 4.98 Å². The largest absolute Gasteiger partial charge is 0.870 e. The summed E-state index contributed by atoms with van der Waals surface area (Å²) in [6, 6.07) is 1.19. The fraction of sp³-hybridized carbons (Fsp3) is 0.700. The summed E-state index contributed by atoms with van der Waals surface area (Å²) in [6.45, 7) is -1.48. The van der Waals surface area contributed by atoms with E-state index in [0.29, 0.717) is 0 Å². The van der Waals surface area contributed by atoms with E-state index in [1.54, 1.807) is 0 Å². The lowest BCUT2D eigenvalue weighted by Gasteiger charge is -2.44. The van der Waals surface area contributed by atoms with Crippen molar-refractivity contribution in [3.05, 3.63) is 22.7 Å². The van der Waals surface area contributed by atoms with Crippen molar-refractivity contribution in [1.82, 2.24) is 9.55 Å². The number of hydrogen-bond donors (Lipinski definition) is 9. The molecule has 12 N–H and O–H groups in total. The SMILES string of the molecule is NCC(=O)C[C@H]1C([C@H](O)[C@H](O)CO)O[C@](O[P+](=O)O[C@H]2O[C@@H](n3ccc(N)nc3=O)C(O)[C@H]2O)(C(=O)O)C[C@H]1O.[OH-]. The number of rotatable bonds is 12. The van der Waals surface area contributed by atoms with E-state index in [1.807, 2.05) is 0 Å². The standard InChI is InChI=1S/C20H29N4O15P.H2O/c21-5-7(26)3-8-9(27)4-20(18(32)33,37-15(8)12(29)10(28)6-25)39-40(35)38-17-14(31)13(30)16(36-17)24-2-1-11(22)23-19(24)34;/h1-2,8-10,12-17,25,27-31H,3-6,21H2,(H2-,22,23,32,33,34);1H2/t8-,9-,10-,12-,13?,14-,15?,16-,17-,20-;/m1./s1. The maximum atomic E-state index is 12.7. The quantitative estimate of drug-likeness (QED) is 0.0995. The number of ether oxygens (including phenoxy) is 2. The molecule has 2 aliphatic heterocycles. The maximum Gasteiger partial charge on any atom is 0.703 e. The fourth-order valence-electron chi connectivity index (χ4n) is 4.28. The highest BCUT2D eigenvalue weighted by molar-refractivity contribution is 7.33. The first-order valence-electron chi connectivity index (χ1n) is 11.7. The van der Waals surface area contributed by atoms with Gasteiger partial charge in [0.15, 0.2) is 6.23 Å². The van der Waals surface area contributed by atoms with E-state index < -0.39 is 113 Å². The third-order valence-electron chi connectivity index (χ3n) is 6.39. The van der Waals surface area contributed by atoms with Crippen LogP contribution in [0.15, 0.2) is 17.1 Å². The summed E-state index contributed by atoms with van der Waals surface area (Å²) in [6.07, 6.45) is -15.3. The van der Waals surface area contributed by atoms with Crippen molar-refractivity contribution < 1.29 is 73.9 Å². The molecule has 1 aromatic rings. The van der Waals surface area contributed by atoms with E-state index >= 15 is 0 Å². The minimum atomic E-state index is -3.62. The molecule has 0 bridgehead atoms. The number of nitrogens with two attached hydrogens (primary N) is 2. The number of carboxylic acid groups (broad SMARTS) is 1. The van der Waals surface area contributed by atoms with Crippen molar-refractivity contribution in [3.8, 4) is 0 Å². The first-order chi connectivity index (χ1) is 18.7. The average molecular weight is 614 g/mol. The van der Waals surface area contributed by atoms with Crippen LogP contribution in [0.25, 0.3) is 0 Å². The lowest BCUT2D eigenvalue weighted by atomic mass is 9.80. The van der Waals surface area contributed by atoms with Crippen molar-refractivity contribution >= 4 is 25.8 Å². The summed E-state index contributed by atoms with van der Waals surface area (Å²) >= 11 is 0. The lowest BCUT2D eigenvalue weighted by molar-refractivity contribution is -0.295. The van der Waals surface area contributed by atoms with Gasteiger partial charge < -0.3 is 62.2 Å². The van der Waals surface area contributed by atoms with Crippen LogP contribution in [0.1, 0.15) is 19.1 Å². The smallest absolute Gasteiger partial charge is 0.703 e. The number of aliphatic carboxylic acids is 1. The molecule has 2 fully saturated rings. The van der Waals surface area contributed by atoms with Crippen molar-refractivity contribution in [2.45, 2.75) is 67.8 Å². The van der Waals surface area contributed by atoms with Gasteiger partial charge in [-0.25, -0.2) is 9.59 Å². The van der Waals surface area contributed by atoms with Gasteiger partial charge >= 0.3 is 25.7 Å². The highest BCUT2D eigenvalue weighted by atomic mass is 31.1. The topological polar surface area (TPSA) is 347 Å². The normalized spacial score (nSPS) is 33.4. The number of Topliss-reactive ketones (excluding diaryl/α,β-unsaturated/α-hetero) is 1. The van der Waals surface area contributed by atoms with Crippen LogP contribution in [-0.2, 0) is 32.7 Å². The summed E-state index contributed by atoms with van der Waals surface area (Å²) in [5.74, 6) is -7.06. The number of carboxylic acids is 1. The number of carbonyl (C=O) groups excluding carboxylic acids is 1. The molecule has 0 saturated carbocycles. The molecule has 0 spiro atoms. The Bertz CT molecular complexity index is 1160. The zero-order valence-corrected chi connectivity index (χ0v) is 21.9. The number of hydrogen-bond acceptors (Lipinski definition) is 18. The molecule has 0 amide bonds. The summed E-state index contributed by atoms with van der Waals surface area (Å²) in [4.78, 5) is 39.7. The van der Waals surface area contributed by atoms with Crippen molar-refractivity contribution in [3.63, 3.8) is 0 Å². The van der Waals surface area contributed by atoms with E-state index in [1.165, 1.54) is 6.07 Å². The van der Waals surface area contributed by atoms with Crippen LogP contribution in [0.4, 0.5) is 5.82 Å². The Kier molecular flexibility index (Phi) is 11.9. The third-order valence-corrected chi connectivity index (χ3v) is 7.21. The highest BCUT2D eigenvalue weighted by Crippen LogP contribution is 2.45. The van der Waals surface area contributed by atoms with Crippen molar-refractivity contribution in [1.29, 1.82) is 0 Å². The Labute approximate surface area is 230 Å². The van der Waals surface area contributed by atoms with Gasteiger partial charge in [0.25, 0.3) is 0 Å². The molecule has 2 saturated heterocycles. The van der Waals surface area contributed by atoms with Crippen LogP contribution >= 0.6 is 8.25 Å². The van der Waals surface area contributed by atoms with Gasteiger partial charge in [-0.05, 0) is 6.07 Å². The molecule has 0 radical (unpaired) electrons. The Morgan fingerprint density at radius 1 is 1.27 bits per heavy atom. The number of nitrogens with zero attached hydrogens (tertiary/aromatic N) is 2. The minimum Gasteiger partial charge on any atom is -0.870 e. The molecule has 0 aliphatic carbocycles. The van der Waals surface area contributed by atoms with E-state index in [-0.39, 0.29) is 11.3 Å². The van der Waals surface area contributed by atoms with Crippen LogP contribution in [0.5, 0.6) is 0 Å². The van der Waals surface area contributed by atoms with Gasteiger partial charge in [0.05, 0.1) is 25.4 Å². The second kappa shape index (κ2) is 14.1. The second-order valence-electron chi connectivity index (χ2n) is 9.10. The Balaban J connectivity index is 0.00000588. The van der Waals surface area contributed by atoms with Gasteiger partial charge in [-0.1, -0.05) is 9.05 Å². The van der Waals surface area contributed by atoms with Gasteiger partial charge in [0.2, 0.25) is 6.29 Å². The van der Waals surface area contributed by atoms with Crippen LogP contribution in [0.2, 0.25) is 0 Å². The number of aliphatic hydroxyl groups excluding tert-OH is 6. The van der Waals surface area contributed by atoms with Crippen molar-refractivity contribution in [2.75, 3.05) is 18.9 Å². The van der Waals surface area contributed by atoms with Gasteiger partial charge in [-0.3, -0.25) is 9.36 Å². The summed E-state index contributed by atoms with van der Waals surface area (Å²) < 4.78 is 34.0. The number of ketones is 1. The van der Waals surface area contributed by atoms with Crippen LogP contribution < -0.4 is 17.2 Å². The molecule has 3 unspecified atom stereocenters. The Morgan fingerprint density at radius 3 is 2.49 bits per heavy atom. The molecule has 1 aromatic heterocycles. The monoisotopic (exact) mass is 614 g/mol. The van der Waals surface area contributed by atoms with E-state index in [0.717, 1.165) is 10.8 Å². The Morgan fingerprint density at radius 2 is 1.93 bits per heavy atom. The van der Waals surface area contributed by atoms with Crippen LogP contribution in [0, 0.1) is 5.92 Å². The lowest BCUT2D eigenvalue weighted by Crippen LogP contribution is -2.61. The molecule has 41 heavy (non-hydrogen) atoms.